The first-order valence-electron chi connectivity index (χ1n) is 5.43. The lowest BCUT2D eigenvalue weighted by Crippen LogP contribution is -2.22. The summed E-state index contributed by atoms with van der Waals surface area (Å²) in [6.07, 6.45) is 1.77. The summed E-state index contributed by atoms with van der Waals surface area (Å²) in [6, 6.07) is 3.67. The molecule has 2 rings (SSSR count). The van der Waals surface area contributed by atoms with Gasteiger partial charge in [-0.2, -0.15) is 0 Å². The minimum Gasteiger partial charge on any atom is -0.374 e. The molecule has 0 bridgehead atoms. The number of nitrogens with one attached hydrogen (secondary N) is 1. The van der Waals surface area contributed by atoms with Gasteiger partial charge in [-0.25, -0.2) is 0 Å². The molecular weight excluding hydrogens is 236 g/mol. The van der Waals surface area contributed by atoms with E-state index in [0.717, 1.165) is 22.8 Å². The van der Waals surface area contributed by atoms with Crippen LogP contribution in [0.15, 0.2) is 23.1 Å². The number of hydrogen-bond donors (Lipinski definition) is 1. The van der Waals surface area contributed by atoms with Gasteiger partial charge < -0.3 is 9.88 Å². The molecular formula is C11H14N4OS. The molecule has 6 heteroatoms. The summed E-state index contributed by atoms with van der Waals surface area (Å²) in [5.74, 6) is 0. The molecule has 90 valence electrons. The van der Waals surface area contributed by atoms with Crippen molar-refractivity contribution in [2.75, 3.05) is 11.9 Å². The van der Waals surface area contributed by atoms with Crippen LogP contribution in [-0.4, -0.2) is 20.7 Å². The maximum atomic E-state index is 11.9. The number of pyridine rings is 1. The smallest absolute Gasteiger partial charge is 0.253 e. The van der Waals surface area contributed by atoms with E-state index in [9.17, 15) is 4.79 Å². The van der Waals surface area contributed by atoms with E-state index in [-0.39, 0.29) is 5.56 Å². The number of aryl methyl sites for hydroxylation is 1. The maximum Gasteiger partial charge on any atom is 0.253 e. The van der Waals surface area contributed by atoms with E-state index in [1.54, 1.807) is 10.8 Å². The van der Waals surface area contributed by atoms with E-state index in [1.807, 2.05) is 26.0 Å². The van der Waals surface area contributed by atoms with Crippen LogP contribution in [0.5, 0.6) is 0 Å². The third-order valence-electron chi connectivity index (χ3n) is 2.42. The quantitative estimate of drug-likeness (QED) is 0.893. The third-order valence-corrected chi connectivity index (χ3v) is 3.15. The lowest BCUT2D eigenvalue weighted by molar-refractivity contribution is 0.730. The number of rotatable bonds is 4. The van der Waals surface area contributed by atoms with Crippen LogP contribution in [0.25, 0.3) is 0 Å². The first-order chi connectivity index (χ1) is 8.22. The minimum absolute atomic E-state index is 0.0166. The van der Waals surface area contributed by atoms with E-state index >= 15 is 0 Å². The van der Waals surface area contributed by atoms with Gasteiger partial charge in [-0.15, -0.1) is 5.10 Å². The van der Waals surface area contributed by atoms with Crippen molar-refractivity contribution < 1.29 is 0 Å². The first kappa shape index (κ1) is 11.8. The molecule has 0 saturated carbocycles. The predicted molar refractivity (Wildman–Crippen MR) is 68.6 cm³/mol. The van der Waals surface area contributed by atoms with Crippen molar-refractivity contribution in [2.45, 2.75) is 20.4 Å². The van der Waals surface area contributed by atoms with Crippen LogP contribution in [0, 0.1) is 6.92 Å². The molecule has 0 aliphatic carbocycles. The van der Waals surface area contributed by atoms with E-state index in [4.69, 9.17) is 0 Å². The predicted octanol–water partition coefficient (Wildman–Crippen LogP) is 1.49. The van der Waals surface area contributed by atoms with Crippen molar-refractivity contribution in [3.63, 3.8) is 0 Å². The molecule has 17 heavy (non-hydrogen) atoms. The van der Waals surface area contributed by atoms with Gasteiger partial charge in [0.15, 0.2) is 0 Å². The molecule has 0 aliphatic rings. The Hall–Kier alpha value is -1.69. The second-order valence-electron chi connectivity index (χ2n) is 3.70. The number of hydrogen-bond acceptors (Lipinski definition) is 5. The zero-order valence-electron chi connectivity index (χ0n) is 9.80. The number of anilines is 1. The van der Waals surface area contributed by atoms with Crippen molar-refractivity contribution in [3.05, 3.63) is 39.9 Å². The van der Waals surface area contributed by atoms with Crippen LogP contribution < -0.4 is 10.9 Å². The van der Waals surface area contributed by atoms with Crippen molar-refractivity contribution in [3.8, 4) is 0 Å². The highest BCUT2D eigenvalue weighted by atomic mass is 32.1. The zero-order chi connectivity index (χ0) is 12.3. The third kappa shape index (κ3) is 2.52. The Morgan fingerprint density at radius 1 is 1.53 bits per heavy atom. The highest BCUT2D eigenvalue weighted by molar-refractivity contribution is 7.10. The summed E-state index contributed by atoms with van der Waals surface area (Å²) in [4.78, 5) is 11.9. The Morgan fingerprint density at radius 2 is 2.35 bits per heavy atom. The summed E-state index contributed by atoms with van der Waals surface area (Å²) in [7, 11) is 0. The van der Waals surface area contributed by atoms with Gasteiger partial charge in [-0.1, -0.05) is 10.6 Å². The molecule has 0 aromatic carbocycles. The Balaban J connectivity index is 2.28. The van der Waals surface area contributed by atoms with E-state index in [2.05, 4.69) is 14.9 Å². The molecule has 0 aliphatic heterocycles. The molecule has 0 radical (unpaired) electrons. The molecule has 5 nitrogen and oxygen atoms in total. The molecule has 0 fully saturated rings. The molecule has 2 aromatic heterocycles. The van der Waals surface area contributed by atoms with Gasteiger partial charge in [-0.05, 0) is 19.9 Å². The second kappa shape index (κ2) is 5.09. The Labute approximate surface area is 103 Å². The van der Waals surface area contributed by atoms with Crippen molar-refractivity contribution in [1.82, 2.24) is 14.2 Å². The topological polar surface area (TPSA) is 59.8 Å². The highest BCUT2D eigenvalue weighted by Gasteiger charge is 2.08. The maximum absolute atomic E-state index is 11.9. The molecule has 0 atom stereocenters. The summed E-state index contributed by atoms with van der Waals surface area (Å²) in [5, 5.41) is 8.17. The molecule has 0 amide bonds. The van der Waals surface area contributed by atoms with Crippen LogP contribution in [-0.2, 0) is 6.54 Å². The summed E-state index contributed by atoms with van der Waals surface area (Å²) < 4.78 is 5.55. The Morgan fingerprint density at radius 3 is 3.12 bits per heavy atom. The zero-order valence-corrected chi connectivity index (χ0v) is 10.6. The van der Waals surface area contributed by atoms with Gasteiger partial charge in [0.1, 0.15) is 10.7 Å². The molecule has 0 saturated heterocycles. The van der Waals surface area contributed by atoms with E-state index in [0.29, 0.717) is 6.54 Å². The van der Waals surface area contributed by atoms with Crippen LogP contribution in [0.3, 0.4) is 0 Å². The Bertz CT molecular complexity index is 561. The molecule has 0 unspecified atom stereocenters. The highest BCUT2D eigenvalue weighted by Crippen LogP contribution is 2.17. The van der Waals surface area contributed by atoms with Gasteiger partial charge in [-0.3, -0.25) is 4.79 Å². The van der Waals surface area contributed by atoms with Crippen LogP contribution in [0.2, 0.25) is 0 Å². The average Bonchev–Trinajstić information content (AvgIpc) is 2.73. The lowest BCUT2D eigenvalue weighted by atomic mass is 10.3. The molecule has 0 spiro atoms. The molecule has 2 aromatic rings. The van der Waals surface area contributed by atoms with E-state index < -0.39 is 0 Å². The van der Waals surface area contributed by atoms with Crippen LogP contribution in [0.1, 0.15) is 18.2 Å². The van der Waals surface area contributed by atoms with Crippen molar-refractivity contribution >= 4 is 16.5 Å². The summed E-state index contributed by atoms with van der Waals surface area (Å²) in [6.45, 7) is 5.10. The summed E-state index contributed by atoms with van der Waals surface area (Å²) in [5.41, 5.74) is 1.56. The molecule has 1 N–H and O–H groups in total. The van der Waals surface area contributed by atoms with Gasteiger partial charge in [0.05, 0.1) is 6.54 Å². The van der Waals surface area contributed by atoms with Gasteiger partial charge in [0.2, 0.25) is 0 Å². The average molecular weight is 250 g/mol. The van der Waals surface area contributed by atoms with Crippen molar-refractivity contribution in [2.24, 2.45) is 0 Å². The van der Waals surface area contributed by atoms with Gasteiger partial charge in [0, 0.05) is 29.8 Å². The fourth-order valence-electron chi connectivity index (χ4n) is 1.55. The Kier molecular flexibility index (Phi) is 3.53. The monoisotopic (exact) mass is 250 g/mol. The first-order valence-corrected chi connectivity index (χ1v) is 6.21. The van der Waals surface area contributed by atoms with E-state index in [1.165, 1.54) is 11.5 Å². The molecule has 2 heterocycles. The largest absolute Gasteiger partial charge is 0.374 e. The van der Waals surface area contributed by atoms with Gasteiger partial charge in [0.25, 0.3) is 5.56 Å². The fourth-order valence-corrected chi connectivity index (χ4v) is 2.19. The summed E-state index contributed by atoms with van der Waals surface area (Å²) >= 11 is 1.32. The minimum atomic E-state index is 0.0166. The van der Waals surface area contributed by atoms with Crippen LogP contribution >= 0.6 is 11.5 Å². The lowest BCUT2D eigenvalue weighted by Gasteiger charge is -2.06. The normalized spacial score (nSPS) is 10.5. The number of aromatic nitrogens is 3. The van der Waals surface area contributed by atoms with Gasteiger partial charge >= 0.3 is 0 Å². The van der Waals surface area contributed by atoms with Crippen LogP contribution in [0.4, 0.5) is 5.00 Å². The fraction of sp³-hybridized carbons (Fsp3) is 0.364. The SMILES string of the molecule is CCNc1snnc1Cn1cccc(C)c1=O. The number of nitrogens with zero attached hydrogens (tertiary/aromatic N) is 3. The standard InChI is InChI=1S/C11H14N4OS/c1-3-12-10-9(13-14-17-10)7-15-6-4-5-8(2)11(15)16/h4-6,12H,3,7H2,1-2H3. The van der Waals surface area contributed by atoms with Crippen molar-refractivity contribution in [1.29, 1.82) is 0 Å². The second-order valence-corrected chi connectivity index (χ2v) is 4.46.